The fourth-order valence-corrected chi connectivity index (χ4v) is 2.11. The highest BCUT2D eigenvalue weighted by atomic mass is 19.1. The molecular formula is C13H12FN3O2. The molecule has 1 heterocycles. The van der Waals surface area contributed by atoms with Gasteiger partial charge in [-0.1, -0.05) is 17.3 Å². The lowest BCUT2D eigenvalue weighted by Gasteiger charge is -2.00. The Hall–Kier alpha value is -2.24. The van der Waals surface area contributed by atoms with Crippen LogP contribution in [0.3, 0.4) is 0 Å². The van der Waals surface area contributed by atoms with Crippen LogP contribution in [0.5, 0.6) is 0 Å². The number of aromatic nitrogens is 2. The van der Waals surface area contributed by atoms with Gasteiger partial charge in [-0.2, -0.15) is 4.98 Å². The highest BCUT2D eigenvalue weighted by molar-refractivity contribution is 5.93. The van der Waals surface area contributed by atoms with Gasteiger partial charge in [-0.25, -0.2) is 4.39 Å². The Balaban J connectivity index is 1.63. The van der Waals surface area contributed by atoms with Crippen LogP contribution in [0.2, 0.25) is 0 Å². The molecule has 5 nitrogen and oxygen atoms in total. The van der Waals surface area contributed by atoms with Crippen LogP contribution in [0.25, 0.3) is 0 Å². The summed E-state index contributed by atoms with van der Waals surface area (Å²) in [5, 5.41) is 6.18. The van der Waals surface area contributed by atoms with Crippen LogP contribution < -0.4 is 5.32 Å². The predicted molar refractivity (Wildman–Crippen MR) is 64.9 cm³/mol. The zero-order valence-corrected chi connectivity index (χ0v) is 10.3. The van der Waals surface area contributed by atoms with E-state index in [1.165, 1.54) is 12.1 Å². The number of carbonyl (C=O) groups is 1. The molecule has 0 saturated heterocycles. The first-order valence-corrected chi connectivity index (χ1v) is 6.00. The van der Waals surface area contributed by atoms with Crippen LogP contribution in [-0.2, 0) is 4.79 Å². The molecule has 1 saturated carbocycles. The third-order valence-corrected chi connectivity index (χ3v) is 3.18. The molecule has 1 aliphatic rings. The standard InChI is InChI=1S/C13H12FN3O2/c1-7-15-13(19-17-7)16-12(18)11-6-10(11)8-2-4-9(14)5-3-8/h2-5,10-11H,6H2,1H3,(H,15,16,17,18)/t10-,11-/m0/s1. The molecule has 1 aromatic carbocycles. The van der Waals surface area contributed by atoms with E-state index in [0.717, 1.165) is 12.0 Å². The lowest BCUT2D eigenvalue weighted by atomic mass is 10.1. The van der Waals surface area contributed by atoms with Gasteiger partial charge >= 0.3 is 6.01 Å². The summed E-state index contributed by atoms with van der Waals surface area (Å²) >= 11 is 0. The first kappa shape index (κ1) is 11.8. The summed E-state index contributed by atoms with van der Waals surface area (Å²) in [5.41, 5.74) is 0.975. The molecule has 6 heteroatoms. The van der Waals surface area contributed by atoms with Crippen molar-refractivity contribution in [2.24, 2.45) is 5.92 Å². The highest BCUT2D eigenvalue weighted by Crippen LogP contribution is 2.47. The summed E-state index contributed by atoms with van der Waals surface area (Å²) in [4.78, 5) is 15.8. The Morgan fingerprint density at radius 3 is 2.79 bits per heavy atom. The molecule has 0 spiro atoms. The van der Waals surface area contributed by atoms with E-state index in [1.807, 2.05) is 0 Å². The fraction of sp³-hybridized carbons (Fsp3) is 0.308. The lowest BCUT2D eigenvalue weighted by Crippen LogP contribution is -2.14. The number of amides is 1. The van der Waals surface area contributed by atoms with Gasteiger partial charge < -0.3 is 4.52 Å². The van der Waals surface area contributed by atoms with Gasteiger partial charge in [0, 0.05) is 5.92 Å². The Labute approximate surface area is 108 Å². The van der Waals surface area contributed by atoms with Crippen molar-refractivity contribution in [3.63, 3.8) is 0 Å². The van der Waals surface area contributed by atoms with E-state index < -0.39 is 0 Å². The number of hydrogen-bond donors (Lipinski definition) is 1. The van der Waals surface area contributed by atoms with Crippen LogP contribution >= 0.6 is 0 Å². The van der Waals surface area contributed by atoms with Crippen molar-refractivity contribution in [3.05, 3.63) is 41.5 Å². The molecule has 1 aliphatic carbocycles. The van der Waals surface area contributed by atoms with Crippen molar-refractivity contribution < 1.29 is 13.7 Å². The molecule has 0 radical (unpaired) electrons. The van der Waals surface area contributed by atoms with Gasteiger partial charge in [0.05, 0.1) is 0 Å². The molecule has 19 heavy (non-hydrogen) atoms. The van der Waals surface area contributed by atoms with Gasteiger partial charge in [-0.05, 0) is 37.0 Å². The number of carbonyl (C=O) groups excluding carboxylic acids is 1. The van der Waals surface area contributed by atoms with Crippen molar-refractivity contribution in [3.8, 4) is 0 Å². The van der Waals surface area contributed by atoms with Crippen LogP contribution in [0, 0.1) is 18.7 Å². The summed E-state index contributed by atoms with van der Waals surface area (Å²) in [6.07, 6.45) is 0.755. The molecule has 2 aromatic rings. The van der Waals surface area contributed by atoms with E-state index in [0.29, 0.717) is 5.82 Å². The monoisotopic (exact) mass is 261 g/mol. The average molecular weight is 261 g/mol. The maximum Gasteiger partial charge on any atom is 0.328 e. The van der Waals surface area contributed by atoms with Crippen LogP contribution in [0.15, 0.2) is 28.8 Å². The Kier molecular flexibility index (Phi) is 2.77. The van der Waals surface area contributed by atoms with Crippen molar-refractivity contribution in [1.29, 1.82) is 0 Å². The molecule has 1 amide bonds. The highest BCUT2D eigenvalue weighted by Gasteiger charge is 2.44. The van der Waals surface area contributed by atoms with Crippen LogP contribution in [0.1, 0.15) is 23.7 Å². The second-order valence-corrected chi connectivity index (χ2v) is 4.64. The molecule has 0 bridgehead atoms. The minimum atomic E-state index is -0.272. The van der Waals surface area contributed by atoms with Crippen molar-refractivity contribution in [2.45, 2.75) is 19.3 Å². The van der Waals surface area contributed by atoms with E-state index in [1.54, 1.807) is 19.1 Å². The molecule has 1 fully saturated rings. The summed E-state index contributed by atoms with van der Waals surface area (Å²) in [6, 6.07) is 6.36. The number of halogens is 1. The molecule has 3 rings (SSSR count). The number of rotatable bonds is 3. The van der Waals surface area contributed by atoms with Gasteiger partial charge in [-0.15, -0.1) is 0 Å². The van der Waals surface area contributed by atoms with Crippen LogP contribution in [0.4, 0.5) is 10.4 Å². The number of benzene rings is 1. The zero-order chi connectivity index (χ0) is 13.4. The molecule has 1 aromatic heterocycles. The maximum absolute atomic E-state index is 12.8. The zero-order valence-electron chi connectivity index (χ0n) is 10.3. The lowest BCUT2D eigenvalue weighted by molar-refractivity contribution is -0.117. The van der Waals surface area contributed by atoms with E-state index in [4.69, 9.17) is 4.52 Å². The first-order valence-electron chi connectivity index (χ1n) is 6.00. The van der Waals surface area contributed by atoms with E-state index in [-0.39, 0.29) is 29.6 Å². The average Bonchev–Trinajstić information content (AvgIpc) is 3.08. The second kappa shape index (κ2) is 4.46. The number of aryl methyl sites for hydroxylation is 1. The largest absolute Gasteiger partial charge is 0.328 e. The number of hydrogen-bond acceptors (Lipinski definition) is 4. The number of nitrogens with zero attached hydrogens (tertiary/aromatic N) is 2. The topological polar surface area (TPSA) is 68.0 Å². The minimum Gasteiger partial charge on any atom is -0.315 e. The summed E-state index contributed by atoms with van der Waals surface area (Å²) in [5.74, 6) is 0.0909. The smallest absolute Gasteiger partial charge is 0.315 e. The normalized spacial score (nSPS) is 21.2. The fourth-order valence-electron chi connectivity index (χ4n) is 2.11. The van der Waals surface area contributed by atoms with Crippen LogP contribution in [-0.4, -0.2) is 16.0 Å². The predicted octanol–water partition coefficient (Wildman–Crippen LogP) is 2.26. The quantitative estimate of drug-likeness (QED) is 0.920. The van der Waals surface area contributed by atoms with Gasteiger partial charge in [0.15, 0.2) is 5.82 Å². The van der Waals surface area contributed by atoms with Gasteiger partial charge in [0.2, 0.25) is 5.91 Å². The van der Waals surface area contributed by atoms with Gasteiger partial charge in [-0.3, -0.25) is 10.1 Å². The maximum atomic E-state index is 12.8. The molecule has 0 unspecified atom stereocenters. The van der Waals surface area contributed by atoms with E-state index in [2.05, 4.69) is 15.5 Å². The summed E-state index contributed by atoms with van der Waals surface area (Å²) < 4.78 is 17.6. The molecule has 2 atom stereocenters. The van der Waals surface area contributed by atoms with Gasteiger partial charge in [0.25, 0.3) is 0 Å². The third-order valence-electron chi connectivity index (χ3n) is 3.18. The van der Waals surface area contributed by atoms with E-state index in [9.17, 15) is 9.18 Å². The molecule has 0 aliphatic heterocycles. The van der Waals surface area contributed by atoms with Crippen molar-refractivity contribution in [1.82, 2.24) is 10.1 Å². The molecular weight excluding hydrogens is 249 g/mol. The molecule has 98 valence electrons. The Bertz CT molecular complexity index is 609. The number of anilines is 1. The third kappa shape index (κ3) is 2.47. The number of nitrogens with one attached hydrogen (secondary N) is 1. The van der Waals surface area contributed by atoms with Crippen molar-refractivity contribution in [2.75, 3.05) is 5.32 Å². The van der Waals surface area contributed by atoms with Gasteiger partial charge in [0.1, 0.15) is 5.82 Å². The Morgan fingerprint density at radius 2 is 2.16 bits per heavy atom. The summed E-state index contributed by atoms with van der Waals surface area (Å²) in [6.45, 7) is 1.68. The minimum absolute atomic E-state index is 0.113. The summed E-state index contributed by atoms with van der Waals surface area (Å²) in [7, 11) is 0. The van der Waals surface area contributed by atoms with Crippen molar-refractivity contribution >= 4 is 11.9 Å². The molecule has 1 N–H and O–H groups in total. The second-order valence-electron chi connectivity index (χ2n) is 4.64. The SMILES string of the molecule is Cc1noc(NC(=O)[C@H]2C[C@H]2c2ccc(F)cc2)n1. The first-order chi connectivity index (χ1) is 9.13. The van der Waals surface area contributed by atoms with E-state index >= 15 is 0 Å². The Morgan fingerprint density at radius 1 is 1.42 bits per heavy atom.